The van der Waals surface area contributed by atoms with Gasteiger partial charge in [0.2, 0.25) is 0 Å². The second-order valence-electron chi connectivity index (χ2n) is 7.64. The van der Waals surface area contributed by atoms with Gasteiger partial charge in [-0.2, -0.15) is 0 Å². The molecule has 0 amide bonds. The lowest BCUT2D eigenvalue weighted by molar-refractivity contribution is -0.186. The molecular formula is C17H23N3O3. The lowest BCUT2D eigenvalue weighted by Gasteiger charge is -2.63. The molecule has 1 spiro atoms. The minimum atomic E-state index is -0.829. The second kappa shape index (κ2) is 4.19. The molecule has 1 aromatic carbocycles. The summed E-state index contributed by atoms with van der Waals surface area (Å²) >= 11 is 0. The first kappa shape index (κ1) is 14.0. The van der Waals surface area contributed by atoms with E-state index in [-0.39, 0.29) is 23.9 Å². The zero-order valence-corrected chi connectivity index (χ0v) is 13.2. The summed E-state index contributed by atoms with van der Waals surface area (Å²) in [7, 11) is 2.10. The predicted molar refractivity (Wildman–Crippen MR) is 84.2 cm³/mol. The lowest BCUT2D eigenvalue weighted by Crippen LogP contribution is -2.77. The van der Waals surface area contributed by atoms with Gasteiger partial charge in [0, 0.05) is 11.6 Å². The smallest absolute Gasteiger partial charge is 0.165 e. The summed E-state index contributed by atoms with van der Waals surface area (Å²) in [5.74, 6) is 6.52. The molecule has 6 nitrogen and oxygen atoms in total. The number of hydrogen-bond donors (Lipinski definition) is 4. The Hall–Kier alpha value is -1.34. The molecule has 0 aromatic heterocycles. The van der Waals surface area contributed by atoms with E-state index < -0.39 is 11.0 Å². The van der Waals surface area contributed by atoms with Crippen molar-refractivity contribution in [3.8, 4) is 11.5 Å². The van der Waals surface area contributed by atoms with E-state index in [1.54, 1.807) is 6.07 Å². The second-order valence-corrected chi connectivity index (χ2v) is 7.64. The van der Waals surface area contributed by atoms with Crippen LogP contribution in [0.15, 0.2) is 12.1 Å². The number of likely N-dealkylation sites (tertiary alicyclic amines) is 1. The maximum Gasteiger partial charge on any atom is 0.165 e. The van der Waals surface area contributed by atoms with Gasteiger partial charge in [-0.3, -0.25) is 11.3 Å². The Morgan fingerprint density at radius 1 is 1.39 bits per heavy atom. The highest BCUT2D eigenvalue weighted by Crippen LogP contribution is 2.65. The fourth-order valence-corrected chi connectivity index (χ4v) is 5.92. The van der Waals surface area contributed by atoms with Gasteiger partial charge in [0.1, 0.15) is 6.10 Å². The van der Waals surface area contributed by atoms with Crippen molar-refractivity contribution in [1.29, 1.82) is 0 Å². The van der Waals surface area contributed by atoms with Crippen LogP contribution in [-0.2, 0) is 11.8 Å². The maximum absolute atomic E-state index is 11.8. The molecule has 1 aromatic rings. The molecule has 2 heterocycles. The average molecular weight is 317 g/mol. The van der Waals surface area contributed by atoms with Crippen LogP contribution in [-0.4, -0.2) is 52.5 Å². The number of hydrogen-bond acceptors (Lipinski definition) is 6. The highest BCUT2D eigenvalue weighted by Gasteiger charge is 2.72. The Balaban J connectivity index is 1.83. The van der Waals surface area contributed by atoms with Crippen molar-refractivity contribution < 1.29 is 14.9 Å². The van der Waals surface area contributed by atoms with Gasteiger partial charge in [0.25, 0.3) is 0 Å². The molecule has 2 aliphatic carbocycles. The standard InChI is InChI=1S/C17H23N3O3/c1-20-7-6-16-13-9-2-3-11(21)14(13)23-15(16)10(19-18)4-5-17(16,22)12(20)8-9/h2-3,10,12,15,19,21-22H,4-8,18H2,1H3/t10?,12?,15-,16?,17?/m1/s1. The van der Waals surface area contributed by atoms with Gasteiger partial charge in [-0.15, -0.1) is 0 Å². The highest BCUT2D eigenvalue weighted by molar-refractivity contribution is 5.62. The average Bonchev–Trinajstić information content (AvgIpc) is 2.89. The number of nitrogens with zero attached hydrogens (tertiary/aromatic N) is 1. The number of piperidine rings is 1. The maximum atomic E-state index is 11.8. The van der Waals surface area contributed by atoms with Crippen LogP contribution in [0.25, 0.3) is 0 Å². The number of aromatic hydroxyl groups is 1. The fourth-order valence-electron chi connectivity index (χ4n) is 5.92. The first-order valence-electron chi connectivity index (χ1n) is 8.43. The van der Waals surface area contributed by atoms with Crippen molar-refractivity contribution in [2.24, 2.45) is 5.84 Å². The molecule has 0 radical (unpaired) electrons. The quantitative estimate of drug-likeness (QED) is 0.431. The summed E-state index contributed by atoms with van der Waals surface area (Å²) in [4.78, 5) is 2.28. The first-order valence-corrected chi connectivity index (χ1v) is 8.43. The number of phenolic OH excluding ortho intramolecular Hbond substituents is 1. The van der Waals surface area contributed by atoms with E-state index in [9.17, 15) is 10.2 Å². The summed E-state index contributed by atoms with van der Waals surface area (Å²) in [5, 5.41) is 22.1. The number of hydrazine groups is 1. The number of nitrogens with one attached hydrogen (secondary N) is 1. The first-order chi connectivity index (χ1) is 11.0. The molecule has 5 atom stereocenters. The third-order valence-electron chi connectivity index (χ3n) is 6.94. The fraction of sp³-hybridized carbons (Fsp3) is 0.647. The molecule has 4 aliphatic rings. The molecule has 23 heavy (non-hydrogen) atoms. The minimum absolute atomic E-state index is 0.0166. The molecule has 1 saturated heterocycles. The SMILES string of the molecule is CN1CCC23c4c5ccc(O)c4O[C@@H]2C(NN)CCC3(O)C1C5. The van der Waals surface area contributed by atoms with Crippen LogP contribution in [0.5, 0.6) is 11.5 Å². The normalized spacial score (nSPS) is 43.9. The van der Waals surface area contributed by atoms with Gasteiger partial charge in [0.15, 0.2) is 11.5 Å². The number of aliphatic hydroxyl groups is 1. The van der Waals surface area contributed by atoms with Gasteiger partial charge in [-0.1, -0.05) is 6.07 Å². The van der Waals surface area contributed by atoms with E-state index in [0.29, 0.717) is 12.2 Å². The van der Waals surface area contributed by atoms with E-state index in [4.69, 9.17) is 10.6 Å². The molecule has 5 N–H and O–H groups in total. The third-order valence-corrected chi connectivity index (χ3v) is 6.94. The summed E-state index contributed by atoms with van der Waals surface area (Å²) in [5.41, 5.74) is 3.82. The molecular weight excluding hydrogens is 294 g/mol. The summed E-state index contributed by atoms with van der Waals surface area (Å²) in [6, 6.07) is 3.78. The molecule has 2 aliphatic heterocycles. The molecule has 124 valence electrons. The molecule has 1 saturated carbocycles. The number of nitrogens with two attached hydrogens (primary N) is 1. The predicted octanol–water partition coefficient (Wildman–Crippen LogP) is 0.00800. The minimum Gasteiger partial charge on any atom is -0.504 e. The van der Waals surface area contributed by atoms with Crippen molar-refractivity contribution in [1.82, 2.24) is 10.3 Å². The molecule has 4 unspecified atom stereocenters. The number of phenols is 1. The molecule has 2 bridgehead atoms. The van der Waals surface area contributed by atoms with Crippen molar-refractivity contribution in [3.05, 3.63) is 23.3 Å². The van der Waals surface area contributed by atoms with Crippen molar-refractivity contribution >= 4 is 0 Å². The summed E-state index contributed by atoms with van der Waals surface area (Å²) < 4.78 is 6.24. The van der Waals surface area contributed by atoms with E-state index in [0.717, 1.165) is 31.4 Å². The van der Waals surface area contributed by atoms with Crippen LogP contribution >= 0.6 is 0 Å². The third kappa shape index (κ3) is 1.36. The van der Waals surface area contributed by atoms with Gasteiger partial charge < -0.3 is 19.8 Å². The Bertz CT molecular complexity index is 696. The number of benzene rings is 1. The van der Waals surface area contributed by atoms with Crippen molar-refractivity contribution in [2.45, 2.75) is 54.9 Å². The highest BCUT2D eigenvalue weighted by atomic mass is 16.5. The largest absolute Gasteiger partial charge is 0.504 e. The van der Waals surface area contributed by atoms with Gasteiger partial charge in [0.05, 0.1) is 17.1 Å². The number of ether oxygens (including phenoxy) is 1. The number of likely N-dealkylation sites (N-methyl/N-ethyl adjacent to an activating group) is 1. The monoisotopic (exact) mass is 317 g/mol. The Morgan fingerprint density at radius 3 is 3.00 bits per heavy atom. The van der Waals surface area contributed by atoms with Crippen LogP contribution < -0.4 is 16.0 Å². The van der Waals surface area contributed by atoms with E-state index >= 15 is 0 Å². The topological polar surface area (TPSA) is 91.0 Å². The van der Waals surface area contributed by atoms with Crippen LogP contribution in [0.4, 0.5) is 0 Å². The van der Waals surface area contributed by atoms with E-state index in [1.165, 1.54) is 5.56 Å². The van der Waals surface area contributed by atoms with Gasteiger partial charge >= 0.3 is 0 Å². The lowest BCUT2D eigenvalue weighted by atomic mass is 9.48. The van der Waals surface area contributed by atoms with Crippen LogP contribution in [0.2, 0.25) is 0 Å². The van der Waals surface area contributed by atoms with E-state index in [1.807, 2.05) is 6.07 Å². The van der Waals surface area contributed by atoms with Crippen LogP contribution in [0, 0.1) is 0 Å². The molecule has 5 rings (SSSR count). The Morgan fingerprint density at radius 2 is 2.22 bits per heavy atom. The summed E-state index contributed by atoms with van der Waals surface area (Å²) in [6.07, 6.45) is 2.86. The van der Waals surface area contributed by atoms with Crippen LogP contribution in [0.3, 0.4) is 0 Å². The Kier molecular flexibility index (Phi) is 2.56. The molecule has 2 fully saturated rings. The van der Waals surface area contributed by atoms with Gasteiger partial charge in [-0.05, 0) is 50.9 Å². The van der Waals surface area contributed by atoms with Crippen molar-refractivity contribution in [2.75, 3.05) is 13.6 Å². The van der Waals surface area contributed by atoms with Crippen LogP contribution in [0.1, 0.15) is 30.4 Å². The zero-order valence-electron chi connectivity index (χ0n) is 13.2. The van der Waals surface area contributed by atoms with E-state index in [2.05, 4.69) is 17.4 Å². The van der Waals surface area contributed by atoms with Gasteiger partial charge in [-0.25, -0.2) is 0 Å². The summed E-state index contributed by atoms with van der Waals surface area (Å²) in [6.45, 7) is 0.915. The molecule has 6 heteroatoms. The number of rotatable bonds is 1. The zero-order chi connectivity index (χ0) is 16.0. The van der Waals surface area contributed by atoms with Crippen molar-refractivity contribution in [3.63, 3.8) is 0 Å². The Labute approximate surface area is 135 Å².